The van der Waals surface area contributed by atoms with Gasteiger partial charge >= 0.3 is 0 Å². The molecule has 1 aliphatic rings. The van der Waals surface area contributed by atoms with E-state index >= 15 is 0 Å². The lowest BCUT2D eigenvalue weighted by Crippen LogP contribution is -2.15. The number of anilines is 1. The van der Waals surface area contributed by atoms with Gasteiger partial charge in [0.1, 0.15) is 5.82 Å². The van der Waals surface area contributed by atoms with Gasteiger partial charge in [-0.15, -0.1) is 0 Å². The fourth-order valence-electron chi connectivity index (χ4n) is 2.52. The zero-order valence-corrected chi connectivity index (χ0v) is 13.7. The molecule has 2 aromatic rings. The molecule has 0 spiro atoms. The van der Waals surface area contributed by atoms with Crippen molar-refractivity contribution in [3.05, 3.63) is 47.7 Å². The summed E-state index contributed by atoms with van der Waals surface area (Å²) in [6.07, 6.45) is 2.83. The number of para-hydroxylation sites is 1. The summed E-state index contributed by atoms with van der Waals surface area (Å²) >= 11 is 0. The molecule has 0 bridgehead atoms. The van der Waals surface area contributed by atoms with Crippen LogP contribution in [0, 0.1) is 0 Å². The van der Waals surface area contributed by atoms with Crippen molar-refractivity contribution in [3.63, 3.8) is 0 Å². The van der Waals surface area contributed by atoms with E-state index in [4.69, 9.17) is 9.47 Å². The van der Waals surface area contributed by atoms with Crippen LogP contribution in [0.2, 0.25) is 0 Å². The summed E-state index contributed by atoms with van der Waals surface area (Å²) in [4.78, 5) is 6.42. The van der Waals surface area contributed by atoms with E-state index in [9.17, 15) is 0 Å². The first-order valence-electron chi connectivity index (χ1n) is 7.94. The van der Waals surface area contributed by atoms with Crippen molar-refractivity contribution in [2.75, 3.05) is 32.2 Å². The van der Waals surface area contributed by atoms with Gasteiger partial charge in [-0.2, -0.15) is 0 Å². The van der Waals surface area contributed by atoms with E-state index < -0.39 is 0 Å². The van der Waals surface area contributed by atoms with E-state index in [0.29, 0.717) is 13.2 Å². The van der Waals surface area contributed by atoms with Gasteiger partial charge in [-0.3, -0.25) is 0 Å². The first-order valence-corrected chi connectivity index (χ1v) is 7.94. The van der Waals surface area contributed by atoms with Crippen LogP contribution in [0.4, 0.5) is 5.82 Å². The molecule has 0 radical (unpaired) electrons. The number of aromatic nitrogens is 1. The quantitative estimate of drug-likeness (QED) is 0.919. The number of rotatable bonds is 5. The summed E-state index contributed by atoms with van der Waals surface area (Å²) in [5, 5.41) is 3.45. The van der Waals surface area contributed by atoms with Crippen LogP contribution in [-0.4, -0.2) is 32.3 Å². The highest BCUT2D eigenvalue weighted by molar-refractivity contribution is 5.47. The van der Waals surface area contributed by atoms with Crippen LogP contribution in [0.5, 0.6) is 11.5 Å². The molecule has 23 heavy (non-hydrogen) atoms. The third-order valence-electron chi connectivity index (χ3n) is 3.76. The number of nitrogens with zero attached hydrogens (tertiary/aromatic N) is 2. The van der Waals surface area contributed by atoms with Crippen molar-refractivity contribution in [1.82, 2.24) is 10.3 Å². The molecule has 122 valence electrons. The molecule has 1 aliphatic heterocycles. The molecular weight excluding hydrogens is 290 g/mol. The number of hydrogen-bond acceptors (Lipinski definition) is 5. The molecule has 5 heteroatoms. The fourth-order valence-corrected chi connectivity index (χ4v) is 2.52. The Morgan fingerprint density at radius 2 is 1.96 bits per heavy atom. The second-order valence-corrected chi connectivity index (χ2v) is 5.82. The van der Waals surface area contributed by atoms with Crippen LogP contribution in [0.25, 0.3) is 0 Å². The number of nitrogens with one attached hydrogen (secondary N) is 1. The van der Waals surface area contributed by atoms with Gasteiger partial charge in [0.25, 0.3) is 0 Å². The number of hydrogen-bond donors (Lipinski definition) is 1. The van der Waals surface area contributed by atoms with Crippen molar-refractivity contribution in [1.29, 1.82) is 0 Å². The molecule has 1 aromatic heterocycles. The molecular formula is C18H23N3O2. The fraction of sp³-hybridized carbons (Fsp3) is 0.389. The second-order valence-electron chi connectivity index (χ2n) is 5.82. The monoisotopic (exact) mass is 313 g/mol. The number of fused-ring (bicyclic) bond motifs is 1. The topological polar surface area (TPSA) is 46.6 Å². The van der Waals surface area contributed by atoms with Crippen molar-refractivity contribution < 1.29 is 9.47 Å². The summed E-state index contributed by atoms with van der Waals surface area (Å²) in [6, 6.07) is 10.2. The summed E-state index contributed by atoms with van der Waals surface area (Å²) in [5.74, 6) is 2.69. The Kier molecular flexibility index (Phi) is 4.98. The number of pyridine rings is 1. The smallest absolute Gasteiger partial charge is 0.165 e. The van der Waals surface area contributed by atoms with E-state index in [-0.39, 0.29) is 0 Å². The molecule has 0 atom stereocenters. The van der Waals surface area contributed by atoms with Crippen molar-refractivity contribution >= 4 is 5.82 Å². The SMILES string of the molecule is CN(C)c1ccc(CNCc2cccc3c2OCCCO3)cn1. The second kappa shape index (κ2) is 7.33. The molecule has 0 unspecified atom stereocenters. The van der Waals surface area contributed by atoms with Crippen LogP contribution in [-0.2, 0) is 13.1 Å². The minimum atomic E-state index is 0.708. The maximum absolute atomic E-state index is 5.84. The maximum atomic E-state index is 5.84. The van der Waals surface area contributed by atoms with Crippen LogP contribution in [0.3, 0.4) is 0 Å². The van der Waals surface area contributed by atoms with E-state index in [1.807, 2.05) is 43.4 Å². The first kappa shape index (κ1) is 15.6. The van der Waals surface area contributed by atoms with Gasteiger partial charge in [0.15, 0.2) is 11.5 Å². The standard InChI is InChI=1S/C18H23N3O2/c1-21(2)17-8-7-14(12-20-17)11-19-13-15-5-3-6-16-18(15)23-10-4-9-22-16/h3,5-8,12,19H,4,9-11,13H2,1-2H3. The Morgan fingerprint density at radius 1 is 1.09 bits per heavy atom. The van der Waals surface area contributed by atoms with Gasteiger partial charge in [0.05, 0.1) is 13.2 Å². The first-order chi connectivity index (χ1) is 11.2. The molecule has 2 heterocycles. The van der Waals surface area contributed by atoms with E-state index in [1.165, 1.54) is 0 Å². The third kappa shape index (κ3) is 3.93. The maximum Gasteiger partial charge on any atom is 0.165 e. The van der Waals surface area contributed by atoms with E-state index in [2.05, 4.69) is 22.4 Å². The Labute approximate surface area is 137 Å². The van der Waals surface area contributed by atoms with Crippen LogP contribution >= 0.6 is 0 Å². The van der Waals surface area contributed by atoms with Gasteiger partial charge in [-0.25, -0.2) is 4.98 Å². The molecule has 1 aromatic carbocycles. The normalized spacial score (nSPS) is 13.5. The van der Waals surface area contributed by atoms with Gasteiger partial charge in [0, 0.05) is 45.4 Å². The summed E-state index contributed by atoms with van der Waals surface area (Å²) in [5.41, 5.74) is 2.29. The third-order valence-corrected chi connectivity index (χ3v) is 3.76. The van der Waals surface area contributed by atoms with Crippen LogP contribution < -0.4 is 19.7 Å². The summed E-state index contributed by atoms with van der Waals surface area (Å²) in [7, 11) is 3.98. The van der Waals surface area contributed by atoms with E-state index in [1.54, 1.807) is 0 Å². The average molecular weight is 313 g/mol. The van der Waals surface area contributed by atoms with Crippen molar-refractivity contribution in [2.24, 2.45) is 0 Å². The lowest BCUT2D eigenvalue weighted by molar-refractivity contribution is 0.296. The lowest BCUT2D eigenvalue weighted by atomic mass is 10.1. The minimum Gasteiger partial charge on any atom is -0.490 e. The number of ether oxygens (including phenoxy) is 2. The highest BCUT2D eigenvalue weighted by Crippen LogP contribution is 2.33. The molecule has 3 rings (SSSR count). The van der Waals surface area contributed by atoms with Crippen LogP contribution in [0.1, 0.15) is 17.5 Å². The molecule has 0 fully saturated rings. The average Bonchev–Trinajstić information content (AvgIpc) is 2.81. The summed E-state index contributed by atoms with van der Waals surface area (Å²) < 4.78 is 11.6. The van der Waals surface area contributed by atoms with Crippen molar-refractivity contribution in [2.45, 2.75) is 19.5 Å². The van der Waals surface area contributed by atoms with Gasteiger partial charge < -0.3 is 19.7 Å². The predicted molar refractivity (Wildman–Crippen MR) is 91.2 cm³/mol. The molecule has 1 N–H and O–H groups in total. The molecule has 0 saturated carbocycles. The van der Waals surface area contributed by atoms with Gasteiger partial charge in [-0.05, 0) is 17.7 Å². The summed E-state index contributed by atoms with van der Waals surface area (Å²) in [6.45, 7) is 2.93. The Morgan fingerprint density at radius 3 is 2.74 bits per heavy atom. The molecule has 0 amide bonds. The Hall–Kier alpha value is -2.27. The minimum absolute atomic E-state index is 0.708. The lowest BCUT2D eigenvalue weighted by Gasteiger charge is -2.14. The predicted octanol–water partition coefficient (Wildman–Crippen LogP) is 2.60. The number of benzene rings is 1. The Bertz CT molecular complexity index is 641. The molecule has 0 aliphatic carbocycles. The van der Waals surface area contributed by atoms with Gasteiger partial charge in [0.2, 0.25) is 0 Å². The zero-order chi connectivity index (χ0) is 16.1. The zero-order valence-electron chi connectivity index (χ0n) is 13.7. The van der Waals surface area contributed by atoms with Crippen LogP contribution in [0.15, 0.2) is 36.5 Å². The highest BCUT2D eigenvalue weighted by atomic mass is 16.5. The van der Waals surface area contributed by atoms with Crippen molar-refractivity contribution in [3.8, 4) is 11.5 Å². The largest absolute Gasteiger partial charge is 0.490 e. The molecule has 5 nitrogen and oxygen atoms in total. The van der Waals surface area contributed by atoms with Gasteiger partial charge in [-0.1, -0.05) is 18.2 Å². The highest BCUT2D eigenvalue weighted by Gasteiger charge is 2.13. The molecule has 0 saturated heterocycles. The Balaban J connectivity index is 1.60. The van der Waals surface area contributed by atoms with E-state index in [0.717, 1.165) is 48.0 Å².